The second-order valence-electron chi connectivity index (χ2n) is 9.08. The number of ether oxygens (including phenoxy) is 1. The first kappa shape index (κ1) is 25.6. The number of amides is 1. The van der Waals surface area contributed by atoms with Crippen LogP contribution in [0.1, 0.15) is 37.7 Å². The summed E-state index contributed by atoms with van der Waals surface area (Å²) in [6.45, 7) is 0.0754. The van der Waals surface area contributed by atoms with Gasteiger partial charge < -0.3 is 19.8 Å². The second-order valence-corrected chi connectivity index (χ2v) is 12.3. The van der Waals surface area contributed by atoms with Gasteiger partial charge >= 0.3 is 0 Å². The molecule has 2 aliphatic rings. The summed E-state index contributed by atoms with van der Waals surface area (Å²) in [7, 11) is -3.36. The van der Waals surface area contributed by atoms with Crippen molar-refractivity contribution in [1.82, 2.24) is 4.98 Å². The average Bonchev–Trinajstić information content (AvgIpc) is 3.56. The highest BCUT2D eigenvalue weighted by Crippen LogP contribution is 2.34. The van der Waals surface area contributed by atoms with E-state index in [0.29, 0.717) is 54.1 Å². The van der Waals surface area contributed by atoms with Crippen LogP contribution >= 0.6 is 11.3 Å². The minimum Gasteiger partial charge on any atom is -0.491 e. The van der Waals surface area contributed by atoms with Crippen molar-refractivity contribution in [3.05, 3.63) is 48.0 Å². The fourth-order valence-corrected chi connectivity index (χ4v) is 6.65. The molecule has 2 aromatic carbocycles. The highest BCUT2D eigenvalue weighted by molar-refractivity contribution is 7.92. The molecule has 0 saturated heterocycles. The number of sulfone groups is 1. The number of aliphatic hydroxyl groups excluding tert-OH is 2. The van der Waals surface area contributed by atoms with Crippen LogP contribution in [-0.4, -0.2) is 65.9 Å². The van der Waals surface area contributed by atoms with Crippen molar-refractivity contribution in [3.8, 4) is 5.75 Å². The zero-order valence-electron chi connectivity index (χ0n) is 19.9. The van der Waals surface area contributed by atoms with E-state index in [9.17, 15) is 18.3 Å². The molecule has 37 heavy (non-hydrogen) atoms. The van der Waals surface area contributed by atoms with E-state index in [1.165, 1.54) is 23.5 Å². The number of hydrogen-bond donors (Lipinski definition) is 3. The predicted molar refractivity (Wildman–Crippen MR) is 139 cm³/mol. The number of carbonyl (C=O) groups is 1. The molecular formula is C25H27N3O7S2. The van der Waals surface area contributed by atoms with Gasteiger partial charge in [0.25, 0.3) is 5.91 Å². The first-order valence-electron chi connectivity index (χ1n) is 12.1. The van der Waals surface area contributed by atoms with E-state index >= 15 is 0 Å². The number of oxime groups is 1. The lowest BCUT2D eigenvalue weighted by Gasteiger charge is -2.11. The number of thiazole rings is 1. The number of nitrogens with zero attached hydrogens (tertiary/aromatic N) is 2. The normalized spacial score (nSPS) is 20.2. The van der Waals surface area contributed by atoms with Crippen LogP contribution < -0.4 is 10.1 Å². The maximum absolute atomic E-state index is 13.3. The third kappa shape index (κ3) is 5.93. The van der Waals surface area contributed by atoms with Crippen molar-refractivity contribution in [1.29, 1.82) is 0 Å². The van der Waals surface area contributed by atoms with Crippen molar-refractivity contribution in [3.63, 3.8) is 0 Å². The van der Waals surface area contributed by atoms with E-state index in [4.69, 9.17) is 14.7 Å². The van der Waals surface area contributed by atoms with Gasteiger partial charge in [-0.05, 0) is 56.0 Å². The summed E-state index contributed by atoms with van der Waals surface area (Å²) in [5, 5.41) is 25.6. The van der Waals surface area contributed by atoms with Gasteiger partial charge in [-0.1, -0.05) is 28.6 Å². The largest absolute Gasteiger partial charge is 0.491 e. The van der Waals surface area contributed by atoms with Crippen molar-refractivity contribution in [2.24, 2.45) is 5.16 Å². The second kappa shape index (κ2) is 10.7. The summed E-state index contributed by atoms with van der Waals surface area (Å²) in [6.07, 6.45) is 2.21. The third-order valence-corrected chi connectivity index (χ3v) is 9.44. The summed E-state index contributed by atoms with van der Waals surface area (Å²) in [6, 6.07) is 11.3. The summed E-state index contributed by atoms with van der Waals surface area (Å²) >= 11 is 1.25. The van der Waals surface area contributed by atoms with Gasteiger partial charge in [-0.25, -0.2) is 13.4 Å². The smallest absolute Gasteiger partial charge is 0.280 e. The van der Waals surface area contributed by atoms with Crippen LogP contribution in [0.15, 0.2) is 52.5 Å². The lowest BCUT2D eigenvalue weighted by Crippen LogP contribution is -2.25. The Balaban J connectivity index is 1.38. The first-order valence-corrected chi connectivity index (χ1v) is 14.4. The molecule has 1 heterocycles. The summed E-state index contributed by atoms with van der Waals surface area (Å²) in [5.74, 6) is 0.0193. The van der Waals surface area contributed by atoms with Gasteiger partial charge in [0.05, 0.1) is 33.1 Å². The Morgan fingerprint density at radius 1 is 1.14 bits per heavy atom. The first-order chi connectivity index (χ1) is 17.8. The summed E-state index contributed by atoms with van der Waals surface area (Å²) in [5.41, 5.74) is 1.04. The zero-order valence-corrected chi connectivity index (χ0v) is 21.5. The van der Waals surface area contributed by atoms with E-state index in [1.807, 2.05) is 0 Å². The number of hydrogen-bond acceptors (Lipinski definition) is 10. The summed E-state index contributed by atoms with van der Waals surface area (Å²) < 4.78 is 31.3. The molecule has 0 bridgehead atoms. The molecule has 0 aliphatic heterocycles. The van der Waals surface area contributed by atoms with Crippen molar-refractivity contribution < 1.29 is 33.0 Å². The van der Waals surface area contributed by atoms with Crippen LogP contribution in [0, 0.1) is 0 Å². The number of carbonyl (C=O) groups excluding carboxylic acids is 1. The molecule has 1 amide bonds. The van der Waals surface area contributed by atoms with Gasteiger partial charge in [0.15, 0.2) is 20.7 Å². The molecule has 2 saturated carbocycles. The molecule has 12 heteroatoms. The van der Waals surface area contributed by atoms with Gasteiger partial charge in [0, 0.05) is 12.0 Å². The highest BCUT2D eigenvalue weighted by atomic mass is 32.2. The van der Waals surface area contributed by atoms with Gasteiger partial charge in [0.1, 0.15) is 18.5 Å². The lowest BCUT2D eigenvalue weighted by atomic mass is 10.1. The molecule has 196 valence electrons. The van der Waals surface area contributed by atoms with E-state index in [2.05, 4.69) is 15.5 Å². The lowest BCUT2D eigenvalue weighted by molar-refractivity contribution is -0.110. The molecule has 3 N–H and O–H groups in total. The number of benzene rings is 2. The molecule has 0 radical (unpaired) electrons. The van der Waals surface area contributed by atoms with E-state index in [1.54, 1.807) is 30.3 Å². The molecule has 1 aromatic heterocycles. The Morgan fingerprint density at radius 2 is 1.92 bits per heavy atom. The average molecular weight is 546 g/mol. The zero-order chi connectivity index (χ0) is 26.0. The fraction of sp³-hybridized carbons (Fsp3) is 0.400. The highest BCUT2D eigenvalue weighted by Gasteiger charge is 2.37. The Morgan fingerprint density at radius 3 is 2.59 bits per heavy atom. The maximum atomic E-state index is 13.3. The number of rotatable bonds is 10. The molecule has 5 rings (SSSR count). The molecule has 2 fully saturated rings. The standard InChI is InChI=1S/C25H27N3O7S2/c29-11-12-34-17-5-10-21-22(14-17)36-25(26-21)27-24(31)23(28-35-18-4-3-16(30)13-18)15-1-6-19(7-2-15)37(32,33)20-8-9-20/h1-2,5-7,10,14,16,18,20,29-30H,3-4,8-9,11-13H2,(H,26,27,31)/t16-,18-/m1/s1. The molecule has 0 unspecified atom stereocenters. The molecule has 2 aliphatic carbocycles. The third-order valence-electron chi connectivity index (χ3n) is 6.22. The van der Waals surface area contributed by atoms with E-state index < -0.39 is 21.8 Å². The van der Waals surface area contributed by atoms with Crippen LogP contribution in [-0.2, 0) is 19.5 Å². The predicted octanol–water partition coefficient (Wildman–Crippen LogP) is 2.88. The van der Waals surface area contributed by atoms with Gasteiger partial charge in [-0.15, -0.1) is 0 Å². The SMILES string of the molecule is O=C(Nc1nc2ccc(OCCO)cc2s1)C(=NO[C@@H]1CC[C@@H](O)C1)c1ccc(S(=O)(=O)C2CC2)cc1. The van der Waals surface area contributed by atoms with Crippen LogP contribution in [0.25, 0.3) is 10.2 Å². The minimum absolute atomic E-state index is 0.0250. The molecule has 10 nitrogen and oxygen atoms in total. The number of aliphatic hydroxyl groups is 2. The van der Waals surface area contributed by atoms with Crippen molar-refractivity contribution in [2.75, 3.05) is 18.5 Å². The number of aromatic nitrogens is 1. The Labute approximate surface area is 217 Å². The maximum Gasteiger partial charge on any atom is 0.280 e. The molecule has 0 spiro atoms. The van der Waals surface area contributed by atoms with Crippen LogP contribution in [0.2, 0.25) is 0 Å². The van der Waals surface area contributed by atoms with Gasteiger partial charge in [-0.3, -0.25) is 10.1 Å². The van der Waals surface area contributed by atoms with E-state index in [0.717, 1.165) is 4.70 Å². The van der Waals surface area contributed by atoms with E-state index in [-0.39, 0.29) is 35.2 Å². The van der Waals surface area contributed by atoms with Gasteiger partial charge in [0.2, 0.25) is 0 Å². The summed E-state index contributed by atoms with van der Waals surface area (Å²) in [4.78, 5) is 23.5. The van der Waals surface area contributed by atoms with Crippen LogP contribution in [0.3, 0.4) is 0 Å². The number of anilines is 1. The van der Waals surface area contributed by atoms with Crippen LogP contribution in [0.5, 0.6) is 5.75 Å². The van der Waals surface area contributed by atoms with Gasteiger partial charge in [-0.2, -0.15) is 0 Å². The quantitative estimate of drug-likeness (QED) is 0.260. The Bertz CT molecular complexity index is 1420. The number of nitrogens with one attached hydrogen (secondary N) is 1. The number of fused-ring (bicyclic) bond motifs is 1. The monoisotopic (exact) mass is 545 g/mol. The Hall–Kier alpha value is -3.06. The van der Waals surface area contributed by atoms with Crippen LogP contribution in [0.4, 0.5) is 5.13 Å². The van der Waals surface area contributed by atoms with Crippen molar-refractivity contribution in [2.45, 2.75) is 54.5 Å². The Kier molecular flexibility index (Phi) is 7.43. The minimum atomic E-state index is -3.36. The fourth-order valence-electron chi connectivity index (χ4n) is 4.11. The van der Waals surface area contributed by atoms with Crippen molar-refractivity contribution >= 4 is 48.1 Å². The topological polar surface area (TPSA) is 147 Å². The molecular weight excluding hydrogens is 518 g/mol. The molecule has 2 atom stereocenters. The molecule has 3 aromatic rings.